The first kappa shape index (κ1) is 15.7. The number of nitrogens with zero attached hydrogens (tertiary/aromatic N) is 1. The number of benzene rings is 1. The summed E-state index contributed by atoms with van der Waals surface area (Å²) < 4.78 is 19.3. The van der Waals surface area contributed by atoms with Gasteiger partial charge in [-0.15, -0.1) is 0 Å². The van der Waals surface area contributed by atoms with Crippen molar-refractivity contribution < 1.29 is 19.0 Å². The van der Waals surface area contributed by atoms with Gasteiger partial charge in [0.15, 0.2) is 0 Å². The minimum Gasteiger partial charge on any atom is -0.392 e. The van der Waals surface area contributed by atoms with Crippen LogP contribution in [-0.4, -0.2) is 48.3 Å². The first-order valence-corrected chi connectivity index (χ1v) is 7.81. The molecule has 1 amide bonds. The second-order valence-corrected chi connectivity index (χ2v) is 6.56. The van der Waals surface area contributed by atoms with E-state index < -0.39 is 5.82 Å². The molecule has 1 aliphatic carbocycles. The maximum absolute atomic E-state index is 13.9. The van der Waals surface area contributed by atoms with E-state index in [4.69, 9.17) is 16.3 Å². The van der Waals surface area contributed by atoms with Gasteiger partial charge in [0.05, 0.1) is 17.8 Å². The molecule has 1 heterocycles. The Hall–Kier alpha value is -1.17. The summed E-state index contributed by atoms with van der Waals surface area (Å²) in [5.41, 5.74) is -0.206. The Morgan fingerprint density at radius 1 is 1.45 bits per heavy atom. The van der Waals surface area contributed by atoms with Crippen molar-refractivity contribution in [3.8, 4) is 0 Å². The summed E-state index contributed by atoms with van der Waals surface area (Å²) in [5, 5.41) is 10.4. The van der Waals surface area contributed by atoms with Crippen LogP contribution in [-0.2, 0) is 4.74 Å². The lowest BCUT2D eigenvalue weighted by Crippen LogP contribution is -2.62. The molecule has 1 saturated carbocycles. The average molecular weight is 328 g/mol. The summed E-state index contributed by atoms with van der Waals surface area (Å²) in [7, 11) is 1.65. The average Bonchev–Trinajstić information content (AvgIpc) is 2.52. The van der Waals surface area contributed by atoms with Crippen molar-refractivity contribution in [2.75, 3.05) is 20.2 Å². The molecule has 1 N–H and O–H groups in total. The van der Waals surface area contributed by atoms with Crippen LogP contribution in [0.3, 0.4) is 0 Å². The molecule has 2 aliphatic rings. The van der Waals surface area contributed by atoms with Gasteiger partial charge < -0.3 is 14.7 Å². The van der Waals surface area contributed by atoms with Crippen LogP contribution >= 0.6 is 11.6 Å². The third kappa shape index (κ3) is 2.41. The van der Waals surface area contributed by atoms with Crippen LogP contribution in [0.15, 0.2) is 18.2 Å². The molecule has 0 radical (unpaired) electrons. The van der Waals surface area contributed by atoms with E-state index in [1.54, 1.807) is 12.0 Å². The van der Waals surface area contributed by atoms with Gasteiger partial charge in [-0.25, -0.2) is 4.39 Å². The monoisotopic (exact) mass is 327 g/mol. The van der Waals surface area contributed by atoms with Gasteiger partial charge >= 0.3 is 0 Å². The summed E-state index contributed by atoms with van der Waals surface area (Å²) in [4.78, 5) is 14.1. The highest BCUT2D eigenvalue weighted by molar-refractivity contribution is 6.30. The lowest BCUT2D eigenvalue weighted by Gasteiger charge is -2.56. The molecule has 6 heteroatoms. The number of piperidine rings is 1. The van der Waals surface area contributed by atoms with Gasteiger partial charge in [0.25, 0.3) is 5.91 Å². The number of halogens is 2. The topological polar surface area (TPSA) is 49.8 Å². The van der Waals surface area contributed by atoms with Crippen molar-refractivity contribution >= 4 is 17.5 Å². The van der Waals surface area contributed by atoms with E-state index in [0.29, 0.717) is 32.4 Å². The number of hydrogen-bond donors (Lipinski definition) is 1. The van der Waals surface area contributed by atoms with Crippen molar-refractivity contribution in [3.05, 3.63) is 34.6 Å². The normalized spacial score (nSPS) is 26.8. The molecule has 2 atom stereocenters. The Balaban J connectivity index is 1.70. The number of aliphatic hydroxyl groups is 1. The van der Waals surface area contributed by atoms with Gasteiger partial charge in [0, 0.05) is 37.1 Å². The van der Waals surface area contributed by atoms with Gasteiger partial charge in [0.1, 0.15) is 5.82 Å². The molecule has 1 aliphatic heterocycles. The van der Waals surface area contributed by atoms with Crippen molar-refractivity contribution in [2.45, 2.75) is 31.5 Å². The zero-order valence-electron chi connectivity index (χ0n) is 12.4. The summed E-state index contributed by atoms with van der Waals surface area (Å²) in [6.45, 7) is 0.996. The number of aliphatic hydroxyl groups excluding tert-OH is 1. The van der Waals surface area contributed by atoms with E-state index in [2.05, 4.69) is 0 Å². The van der Waals surface area contributed by atoms with Crippen LogP contribution in [0.25, 0.3) is 0 Å². The maximum atomic E-state index is 13.9. The molecular formula is C16H19ClFNO3. The molecule has 1 saturated heterocycles. The Labute approximate surface area is 133 Å². The number of ether oxygens (including phenoxy) is 1. The fourth-order valence-corrected chi connectivity index (χ4v) is 3.83. The molecule has 0 aromatic heterocycles. The standard InChI is InChI=1S/C16H19ClFNO3/c1-22-14-9-13(20)16(14)4-6-19(7-5-16)15(21)11-3-2-10(17)8-12(11)18/h2-3,8,13-14,20H,4-7,9H2,1H3. The van der Waals surface area contributed by atoms with E-state index in [9.17, 15) is 14.3 Å². The molecule has 4 nitrogen and oxygen atoms in total. The van der Waals surface area contributed by atoms with Gasteiger partial charge in [-0.3, -0.25) is 4.79 Å². The van der Waals surface area contributed by atoms with Crippen molar-refractivity contribution in [2.24, 2.45) is 5.41 Å². The molecule has 1 aromatic rings. The van der Waals surface area contributed by atoms with Crippen LogP contribution in [0.4, 0.5) is 4.39 Å². The SMILES string of the molecule is COC1CC(O)C12CCN(C(=O)c1ccc(Cl)cc1F)CC2. The van der Waals surface area contributed by atoms with E-state index in [1.807, 2.05) is 0 Å². The van der Waals surface area contributed by atoms with E-state index in [1.165, 1.54) is 12.1 Å². The van der Waals surface area contributed by atoms with Gasteiger partial charge in [-0.2, -0.15) is 0 Å². The molecule has 2 fully saturated rings. The first-order valence-electron chi connectivity index (χ1n) is 7.43. The zero-order valence-corrected chi connectivity index (χ0v) is 13.1. The fourth-order valence-electron chi connectivity index (χ4n) is 3.67. The Kier molecular flexibility index (Phi) is 4.14. The molecular weight excluding hydrogens is 309 g/mol. The second-order valence-electron chi connectivity index (χ2n) is 6.13. The first-order chi connectivity index (χ1) is 10.5. The second kappa shape index (κ2) is 5.80. The zero-order chi connectivity index (χ0) is 15.9. The van der Waals surface area contributed by atoms with Gasteiger partial charge in [0.2, 0.25) is 0 Å². The Morgan fingerprint density at radius 2 is 2.14 bits per heavy atom. The molecule has 1 spiro atoms. The maximum Gasteiger partial charge on any atom is 0.256 e. The number of hydrogen-bond acceptors (Lipinski definition) is 3. The summed E-state index contributed by atoms with van der Waals surface area (Å²) in [6.07, 6.45) is 1.67. The van der Waals surface area contributed by atoms with Crippen molar-refractivity contribution in [1.29, 1.82) is 0 Å². The summed E-state index contributed by atoms with van der Waals surface area (Å²) in [6, 6.07) is 4.08. The van der Waals surface area contributed by atoms with Crippen molar-refractivity contribution in [1.82, 2.24) is 4.90 Å². The summed E-state index contributed by atoms with van der Waals surface area (Å²) in [5.74, 6) is -0.928. The number of amides is 1. The fraction of sp³-hybridized carbons (Fsp3) is 0.562. The molecule has 2 unspecified atom stereocenters. The highest BCUT2D eigenvalue weighted by Gasteiger charge is 2.56. The van der Waals surface area contributed by atoms with Crippen LogP contribution in [0, 0.1) is 11.2 Å². The summed E-state index contributed by atoms with van der Waals surface area (Å²) >= 11 is 5.71. The van der Waals surface area contributed by atoms with Crippen LogP contribution in [0.2, 0.25) is 5.02 Å². The number of carbonyl (C=O) groups is 1. The van der Waals surface area contributed by atoms with E-state index in [0.717, 1.165) is 6.07 Å². The molecule has 22 heavy (non-hydrogen) atoms. The number of likely N-dealkylation sites (tertiary alicyclic amines) is 1. The smallest absolute Gasteiger partial charge is 0.256 e. The Bertz CT molecular complexity index is 587. The largest absolute Gasteiger partial charge is 0.392 e. The number of carbonyl (C=O) groups excluding carboxylic acids is 1. The third-order valence-corrected chi connectivity index (χ3v) is 5.40. The molecule has 120 valence electrons. The lowest BCUT2D eigenvalue weighted by atomic mass is 9.58. The van der Waals surface area contributed by atoms with E-state index in [-0.39, 0.29) is 34.1 Å². The minimum absolute atomic E-state index is 0.0396. The van der Waals surface area contributed by atoms with Gasteiger partial charge in [-0.1, -0.05) is 11.6 Å². The number of rotatable bonds is 2. The third-order valence-electron chi connectivity index (χ3n) is 5.17. The van der Waals surface area contributed by atoms with Crippen LogP contribution < -0.4 is 0 Å². The van der Waals surface area contributed by atoms with Gasteiger partial charge in [-0.05, 0) is 31.0 Å². The predicted octanol–water partition coefficient (Wildman–Crippen LogP) is 2.48. The van der Waals surface area contributed by atoms with E-state index >= 15 is 0 Å². The van der Waals surface area contributed by atoms with Crippen LogP contribution in [0.1, 0.15) is 29.6 Å². The van der Waals surface area contributed by atoms with Crippen molar-refractivity contribution in [3.63, 3.8) is 0 Å². The molecule has 1 aromatic carbocycles. The predicted molar refractivity (Wildman–Crippen MR) is 80.4 cm³/mol. The minimum atomic E-state index is -0.601. The van der Waals surface area contributed by atoms with Crippen LogP contribution in [0.5, 0.6) is 0 Å². The molecule has 3 rings (SSSR count). The highest BCUT2D eigenvalue weighted by atomic mass is 35.5. The lowest BCUT2D eigenvalue weighted by molar-refractivity contribution is -0.199. The molecule has 0 bridgehead atoms. The Morgan fingerprint density at radius 3 is 2.68 bits per heavy atom. The quantitative estimate of drug-likeness (QED) is 0.908. The number of methoxy groups -OCH3 is 1. The highest BCUT2D eigenvalue weighted by Crippen LogP contribution is 2.50.